The first kappa shape index (κ1) is 23.8. The normalized spacial score (nSPS) is 11.7. The summed E-state index contributed by atoms with van der Waals surface area (Å²) in [7, 11) is -3.99. The highest BCUT2D eigenvalue weighted by Gasteiger charge is 2.26. The van der Waals surface area contributed by atoms with Gasteiger partial charge in [-0.15, -0.1) is 0 Å². The molecule has 4 rings (SSSR count). The van der Waals surface area contributed by atoms with Crippen LogP contribution in [0, 0.1) is 18.6 Å². The Balaban J connectivity index is 1.78. The second kappa shape index (κ2) is 9.11. The summed E-state index contributed by atoms with van der Waals surface area (Å²) in [6, 6.07) is 8.79. The third-order valence-corrected chi connectivity index (χ3v) is 6.89. The topological polar surface area (TPSA) is 105 Å². The molecule has 0 unspecified atom stereocenters. The van der Waals surface area contributed by atoms with Gasteiger partial charge >= 0.3 is 0 Å². The minimum atomic E-state index is -3.99. The van der Waals surface area contributed by atoms with E-state index in [1.54, 1.807) is 31.3 Å². The number of nitrogens with one attached hydrogen (secondary N) is 2. The molecule has 2 aromatic carbocycles. The number of aromatic amines is 1. The van der Waals surface area contributed by atoms with E-state index in [1.807, 2.05) is 17.7 Å². The molecule has 0 bridgehead atoms. The van der Waals surface area contributed by atoms with Crippen LogP contribution in [0.4, 0.5) is 14.5 Å². The Hall–Kier alpha value is -3.37. The van der Waals surface area contributed by atoms with Gasteiger partial charge in [-0.3, -0.25) is 14.6 Å². The van der Waals surface area contributed by atoms with Gasteiger partial charge in [0.1, 0.15) is 17.2 Å². The molecule has 0 fully saturated rings. The molecule has 0 aliphatic heterocycles. The highest BCUT2D eigenvalue weighted by molar-refractivity contribution is 7.92. The van der Waals surface area contributed by atoms with Gasteiger partial charge in [-0.25, -0.2) is 22.2 Å². The maximum atomic E-state index is 15.1. The van der Waals surface area contributed by atoms with E-state index < -0.39 is 38.7 Å². The average Bonchev–Trinajstić information content (AvgIpc) is 3.19. The quantitative estimate of drug-likeness (QED) is 0.334. The first-order chi connectivity index (χ1) is 16.1. The van der Waals surface area contributed by atoms with Gasteiger partial charge < -0.3 is 0 Å². The van der Waals surface area contributed by atoms with E-state index in [9.17, 15) is 17.6 Å². The lowest BCUT2D eigenvalue weighted by Crippen LogP contribution is -2.19. The highest BCUT2D eigenvalue weighted by atomic mass is 35.5. The third-order valence-electron chi connectivity index (χ3n) is 5.20. The van der Waals surface area contributed by atoms with Gasteiger partial charge in [0.05, 0.1) is 16.7 Å². The predicted octanol–water partition coefficient (Wildman–Crippen LogP) is 5.25. The molecule has 176 valence electrons. The number of aromatic nitrogens is 3. The maximum absolute atomic E-state index is 15.1. The van der Waals surface area contributed by atoms with Gasteiger partial charge in [0.2, 0.25) is 15.8 Å². The van der Waals surface area contributed by atoms with Crippen molar-refractivity contribution in [3.05, 3.63) is 76.1 Å². The summed E-state index contributed by atoms with van der Waals surface area (Å²) in [5, 5.41) is 7.52. The Morgan fingerprint density at radius 2 is 1.94 bits per heavy atom. The number of H-pyrrole nitrogens is 1. The monoisotopic (exact) mass is 504 g/mol. The van der Waals surface area contributed by atoms with Crippen LogP contribution in [0.5, 0.6) is 0 Å². The van der Waals surface area contributed by atoms with Gasteiger partial charge in [0.15, 0.2) is 11.5 Å². The van der Waals surface area contributed by atoms with Crippen LogP contribution in [0.2, 0.25) is 5.02 Å². The van der Waals surface area contributed by atoms with Crippen molar-refractivity contribution >= 4 is 44.1 Å². The number of benzene rings is 2. The number of pyridine rings is 1. The first-order valence-electron chi connectivity index (χ1n) is 10.2. The zero-order chi connectivity index (χ0) is 24.6. The summed E-state index contributed by atoms with van der Waals surface area (Å²) in [5.74, 6) is -3.64. The largest absolute Gasteiger partial charge is 0.287 e. The van der Waals surface area contributed by atoms with Crippen LogP contribution in [-0.4, -0.2) is 35.1 Å². The second-order valence-corrected chi connectivity index (χ2v) is 9.96. The number of halogens is 3. The Morgan fingerprint density at radius 3 is 2.65 bits per heavy atom. The van der Waals surface area contributed by atoms with E-state index in [0.29, 0.717) is 21.6 Å². The van der Waals surface area contributed by atoms with E-state index >= 15 is 4.39 Å². The second-order valence-electron chi connectivity index (χ2n) is 7.69. The molecule has 2 heterocycles. The summed E-state index contributed by atoms with van der Waals surface area (Å²) in [5.41, 5.74) is 1.13. The number of anilines is 1. The van der Waals surface area contributed by atoms with Gasteiger partial charge in [-0.2, -0.15) is 5.10 Å². The number of carbonyl (C=O) groups is 1. The standard InChI is InChI=1S/C23H19ClF2N4O3S/c1-3-8-34(32,33)30-21-18(25)7-6-16(19(21)26)22(31)20-17-10-13(11-27-23(17)29-28-20)15-5-4-14(24)9-12(15)2/h4-7,9-11,30H,3,8H2,1-2H3,(H,27,28,29). The molecule has 0 spiro atoms. The molecule has 0 saturated carbocycles. The van der Waals surface area contributed by atoms with Crippen LogP contribution >= 0.6 is 11.6 Å². The van der Waals surface area contributed by atoms with Crippen LogP contribution in [0.3, 0.4) is 0 Å². The fourth-order valence-corrected chi connectivity index (χ4v) is 4.96. The molecule has 0 aliphatic rings. The molecule has 2 aromatic heterocycles. The van der Waals surface area contributed by atoms with Crippen molar-refractivity contribution in [3.63, 3.8) is 0 Å². The molecule has 0 saturated heterocycles. The zero-order valence-electron chi connectivity index (χ0n) is 18.1. The van der Waals surface area contributed by atoms with Crippen LogP contribution in [0.1, 0.15) is 35.0 Å². The number of hydrogen-bond donors (Lipinski definition) is 2. The highest BCUT2D eigenvalue weighted by Crippen LogP contribution is 2.30. The molecule has 0 radical (unpaired) electrons. The molecule has 2 N–H and O–H groups in total. The fraction of sp³-hybridized carbons (Fsp3) is 0.174. The number of rotatable bonds is 7. The number of sulfonamides is 1. The van der Waals surface area contributed by atoms with E-state index in [2.05, 4.69) is 15.2 Å². The van der Waals surface area contributed by atoms with Crippen molar-refractivity contribution in [3.8, 4) is 11.1 Å². The average molecular weight is 505 g/mol. The van der Waals surface area contributed by atoms with Crippen LogP contribution in [0.15, 0.2) is 42.6 Å². The summed E-state index contributed by atoms with van der Waals surface area (Å²) < 4.78 is 55.4. The van der Waals surface area contributed by atoms with Gasteiger partial charge in [0.25, 0.3) is 0 Å². The van der Waals surface area contributed by atoms with E-state index in [0.717, 1.165) is 23.3 Å². The summed E-state index contributed by atoms with van der Waals surface area (Å²) in [6.45, 7) is 3.49. The Kier molecular flexibility index (Phi) is 6.37. The number of hydrogen-bond acceptors (Lipinski definition) is 5. The molecule has 0 amide bonds. The SMILES string of the molecule is CCCS(=O)(=O)Nc1c(F)ccc(C(=O)c2n[nH]c3ncc(-c4ccc(Cl)cc4C)cc23)c1F. The number of aryl methyl sites for hydroxylation is 1. The zero-order valence-corrected chi connectivity index (χ0v) is 19.7. The minimum Gasteiger partial charge on any atom is -0.287 e. The lowest BCUT2D eigenvalue weighted by molar-refractivity contribution is 0.103. The minimum absolute atomic E-state index is 0.135. The lowest BCUT2D eigenvalue weighted by Gasteiger charge is -2.11. The molecular formula is C23H19ClF2N4O3S. The van der Waals surface area contributed by atoms with Crippen molar-refractivity contribution in [1.29, 1.82) is 0 Å². The number of fused-ring (bicyclic) bond motifs is 1. The molecule has 4 aromatic rings. The van der Waals surface area contributed by atoms with Crippen molar-refractivity contribution in [1.82, 2.24) is 15.2 Å². The van der Waals surface area contributed by atoms with Gasteiger partial charge in [0, 0.05) is 16.8 Å². The smallest absolute Gasteiger partial charge is 0.232 e. The van der Waals surface area contributed by atoms with E-state index in [1.165, 1.54) is 0 Å². The van der Waals surface area contributed by atoms with E-state index in [4.69, 9.17) is 11.6 Å². The maximum Gasteiger partial charge on any atom is 0.232 e. The fourth-order valence-electron chi connectivity index (χ4n) is 3.60. The van der Waals surface area contributed by atoms with Crippen LogP contribution < -0.4 is 4.72 Å². The van der Waals surface area contributed by atoms with Crippen LogP contribution in [-0.2, 0) is 10.0 Å². The lowest BCUT2D eigenvalue weighted by atomic mass is 9.99. The molecule has 0 aliphatic carbocycles. The van der Waals surface area contributed by atoms with Gasteiger partial charge in [-0.05, 0) is 54.8 Å². The summed E-state index contributed by atoms with van der Waals surface area (Å²) in [4.78, 5) is 17.5. The summed E-state index contributed by atoms with van der Waals surface area (Å²) in [6.07, 6.45) is 1.85. The number of carbonyl (C=O) groups excluding carboxylic acids is 1. The summed E-state index contributed by atoms with van der Waals surface area (Å²) >= 11 is 6.03. The molecule has 0 atom stereocenters. The van der Waals surface area contributed by atoms with Crippen LogP contribution in [0.25, 0.3) is 22.2 Å². The Labute approximate surface area is 199 Å². The third kappa shape index (κ3) is 4.51. The van der Waals surface area contributed by atoms with Crippen molar-refractivity contribution in [2.45, 2.75) is 20.3 Å². The molecule has 34 heavy (non-hydrogen) atoms. The number of nitrogens with zero attached hydrogens (tertiary/aromatic N) is 2. The number of ketones is 1. The van der Waals surface area contributed by atoms with Crippen molar-refractivity contribution in [2.24, 2.45) is 0 Å². The molecule has 11 heteroatoms. The molecule has 7 nitrogen and oxygen atoms in total. The van der Waals surface area contributed by atoms with Crippen molar-refractivity contribution < 1.29 is 22.0 Å². The van der Waals surface area contributed by atoms with Gasteiger partial charge in [-0.1, -0.05) is 24.6 Å². The Morgan fingerprint density at radius 1 is 1.18 bits per heavy atom. The van der Waals surface area contributed by atoms with E-state index in [-0.39, 0.29) is 17.9 Å². The molecular weight excluding hydrogens is 486 g/mol. The van der Waals surface area contributed by atoms with Crippen molar-refractivity contribution in [2.75, 3.05) is 10.5 Å². The first-order valence-corrected chi connectivity index (χ1v) is 12.3. The predicted molar refractivity (Wildman–Crippen MR) is 127 cm³/mol. The Bertz CT molecular complexity index is 1540.